The number of rotatable bonds is 3. The predicted octanol–water partition coefficient (Wildman–Crippen LogP) is -0.607. The van der Waals surface area contributed by atoms with E-state index in [1.807, 2.05) is 0 Å². The van der Waals surface area contributed by atoms with E-state index in [1.54, 1.807) is 0 Å². The normalized spacial score (nSPS) is 28.1. The summed E-state index contributed by atoms with van der Waals surface area (Å²) in [6.45, 7) is 5.35. The second kappa shape index (κ2) is 3.75. The highest BCUT2D eigenvalue weighted by atomic mass is 32.2. The van der Waals surface area contributed by atoms with Crippen LogP contribution in [-0.2, 0) is 9.84 Å². The zero-order chi connectivity index (χ0) is 9.19. The first-order valence-corrected chi connectivity index (χ1v) is 6.35. The summed E-state index contributed by atoms with van der Waals surface area (Å²) in [6, 6.07) is 0.331. The van der Waals surface area contributed by atoms with Gasteiger partial charge in [-0.05, 0) is 0 Å². The van der Waals surface area contributed by atoms with Crippen molar-refractivity contribution in [3.8, 4) is 0 Å². The van der Waals surface area contributed by atoms with Gasteiger partial charge < -0.3 is 5.32 Å². The number of hydrogen-bond donors (Lipinski definition) is 1. The molecule has 0 aromatic rings. The summed E-state index contributed by atoms with van der Waals surface area (Å²) >= 11 is 0. The maximum atomic E-state index is 11.1. The van der Waals surface area contributed by atoms with E-state index in [1.165, 1.54) is 0 Å². The summed E-state index contributed by atoms with van der Waals surface area (Å²) in [6.07, 6.45) is 0.842. The van der Waals surface area contributed by atoms with E-state index in [9.17, 15) is 8.42 Å². The van der Waals surface area contributed by atoms with E-state index in [-0.39, 0.29) is 0 Å². The van der Waals surface area contributed by atoms with Crippen LogP contribution in [0.4, 0.5) is 0 Å². The van der Waals surface area contributed by atoms with Gasteiger partial charge in [0, 0.05) is 12.3 Å². The molecule has 1 saturated heterocycles. The molecule has 72 valence electrons. The third-order valence-electron chi connectivity index (χ3n) is 2.21. The molecule has 0 amide bonds. The third kappa shape index (κ3) is 3.11. The Morgan fingerprint density at radius 1 is 1.50 bits per heavy atom. The Morgan fingerprint density at radius 3 is 2.58 bits per heavy atom. The standard InChI is InChI=1S/C8H17NO2S/c1-7(2)5-9-8-3-4-12(10,11)6-8/h7-9H,3-6H2,1-2H3/p+1. The second-order valence-corrected chi connectivity index (χ2v) is 6.26. The van der Waals surface area contributed by atoms with Crippen molar-refractivity contribution in [3.05, 3.63) is 0 Å². The molecule has 1 aliphatic heterocycles. The summed E-state index contributed by atoms with van der Waals surface area (Å²) in [5.41, 5.74) is 0. The Hall–Kier alpha value is -0.0900. The molecule has 2 N–H and O–H groups in total. The van der Waals surface area contributed by atoms with Gasteiger partial charge in [-0.1, -0.05) is 13.8 Å². The molecule has 0 aliphatic carbocycles. The molecule has 4 heteroatoms. The summed E-state index contributed by atoms with van der Waals surface area (Å²) < 4.78 is 22.1. The molecule has 12 heavy (non-hydrogen) atoms. The van der Waals surface area contributed by atoms with Crippen LogP contribution in [0.15, 0.2) is 0 Å². The van der Waals surface area contributed by atoms with Gasteiger partial charge in [0.25, 0.3) is 0 Å². The fourth-order valence-corrected chi connectivity index (χ4v) is 3.26. The van der Waals surface area contributed by atoms with E-state index in [4.69, 9.17) is 0 Å². The number of sulfone groups is 1. The van der Waals surface area contributed by atoms with Crippen LogP contribution in [0.5, 0.6) is 0 Å². The Morgan fingerprint density at radius 2 is 2.17 bits per heavy atom. The van der Waals surface area contributed by atoms with Gasteiger partial charge in [0.1, 0.15) is 11.8 Å². The van der Waals surface area contributed by atoms with Crippen molar-refractivity contribution in [3.63, 3.8) is 0 Å². The van der Waals surface area contributed by atoms with Crippen molar-refractivity contribution in [2.45, 2.75) is 26.3 Å². The molecular formula is C8H18NO2S+. The fraction of sp³-hybridized carbons (Fsp3) is 1.00. The summed E-state index contributed by atoms with van der Waals surface area (Å²) in [5.74, 6) is 1.43. The minimum Gasteiger partial charge on any atom is -0.343 e. The summed E-state index contributed by atoms with van der Waals surface area (Å²) in [4.78, 5) is 0. The zero-order valence-electron chi connectivity index (χ0n) is 7.79. The molecule has 1 rings (SSSR count). The predicted molar refractivity (Wildman–Crippen MR) is 48.7 cm³/mol. The maximum absolute atomic E-state index is 11.1. The molecule has 0 aromatic carbocycles. The van der Waals surface area contributed by atoms with Gasteiger partial charge in [-0.3, -0.25) is 0 Å². The molecule has 0 radical (unpaired) electrons. The van der Waals surface area contributed by atoms with Gasteiger partial charge in [0.15, 0.2) is 9.84 Å². The third-order valence-corrected chi connectivity index (χ3v) is 4.00. The lowest BCUT2D eigenvalue weighted by Crippen LogP contribution is -2.91. The lowest BCUT2D eigenvalue weighted by molar-refractivity contribution is -0.688. The second-order valence-electron chi connectivity index (χ2n) is 4.03. The van der Waals surface area contributed by atoms with E-state index < -0.39 is 9.84 Å². The summed E-state index contributed by atoms with van der Waals surface area (Å²) in [5, 5.41) is 2.18. The highest BCUT2D eigenvalue weighted by Gasteiger charge is 2.30. The molecule has 0 bridgehead atoms. The van der Waals surface area contributed by atoms with Crippen molar-refractivity contribution in [1.82, 2.24) is 0 Å². The van der Waals surface area contributed by atoms with Gasteiger partial charge in [-0.25, -0.2) is 8.42 Å². The van der Waals surface area contributed by atoms with Crippen LogP contribution in [0.3, 0.4) is 0 Å². The highest BCUT2D eigenvalue weighted by molar-refractivity contribution is 7.91. The Balaban J connectivity index is 2.29. The first kappa shape index (κ1) is 9.99. The van der Waals surface area contributed by atoms with Crippen LogP contribution in [0, 0.1) is 5.92 Å². The van der Waals surface area contributed by atoms with Crippen molar-refractivity contribution in [2.24, 2.45) is 5.92 Å². The SMILES string of the molecule is CC(C)C[NH2+]C1CCS(=O)(=O)C1. The molecule has 1 fully saturated rings. The zero-order valence-corrected chi connectivity index (χ0v) is 8.60. The van der Waals surface area contributed by atoms with Crippen LogP contribution in [0.1, 0.15) is 20.3 Å². The van der Waals surface area contributed by atoms with Crippen LogP contribution in [0.25, 0.3) is 0 Å². The van der Waals surface area contributed by atoms with Crippen molar-refractivity contribution >= 4 is 9.84 Å². The van der Waals surface area contributed by atoms with E-state index in [0.717, 1.165) is 13.0 Å². The molecule has 1 unspecified atom stereocenters. The molecule has 1 aliphatic rings. The number of nitrogens with two attached hydrogens (primary N) is 1. The van der Waals surface area contributed by atoms with Crippen LogP contribution < -0.4 is 5.32 Å². The Bertz CT molecular complexity index is 233. The fourth-order valence-electron chi connectivity index (χ4n) is 1.47. The van der Waals surface area contributed by atoms with Crippen LogP contribution >= 0.6 is 0 Å². The maximum Gasteiger partial charge on any atom is 0.156 e. The molecule has 1 atom stereocenters. The lowest BCUT2D eigenvalue weighted by Gasteiger charge is -2.08. The van der Waals surface area contributed by atoms with Crippen LogP contribution in [0.2, 0.25) is 0 Å². The first-order chi connectivity index (χ1) is 5.49. The quantitative estimate of drug-likeness (QED) is 0.649. The van der Waals surface area contributed by atoms with Gasteiger partial charge in [0.05, 0.1) is 12.3 Å². The first-order valence-electron chi connectivity index (χ1n) is 4.53. The van der Waals surface area contributed by atoms with Gasteiger partial charge in [-0.15, -0.1) is 0 Å². The smallest absolute Gasteiger partial charge is 0.156 e. The molecule has 0 aromatic heterocycles. The van der Waals surface area contributed by atoms with E-state index in [2.05, 4.69) is 19.2 Å². The molecule has 3 nitrogen and oxygen atoms in total. The molecular weight excluding hydrogens is 174 g/mol. The number of hydrogen-bond acceptors (Lipinski definition) is 2. The van der Waals surface area contributed by atoms with E-state index >= 15 is 0 Å². The van der Waals surface area contributed by atoms with Gasteiger partial charge in [-0.2, -0.15) is 0 Å². The van der Waals surface area contributed by atoms with Crippen molar-refractivity contribution in [2.75, 3.05) is 18.1 Å². The topological polar surface area (TPSA) is 50.8 Å². The minimum absolute atomic E-state index is 0.331. The Kier molecular flexibility index (Phi) is 3.12. The Labute approximate surface area is 74.5 Å². The monoisotopic (exact) mass is 192 g/mol. The van der Waals surface area contributed by atoms with E-state index in [0.29, 0.717) is 23.5 Å². The van der Waals surface area contributed by atoms with Crippen molar-refractivity contribution < 1.29 is 13.7 Å². The average Bonchev–Trinajstić information content (AvgIpc) is 2.26. The molecule has 1 heterocycles. The van der Waals surface area contributed by atoms with Gasteiger partial charge in [0.2, 0.25) is 0 Å². The lowest BCUT2D eigenvalue weighted by atomic mass is 10.2. The van der Waals surface area contributed by atoms with Crippen molar-refractivity contribution in [1.29, 1.82) is 0 Å². The molecule has 0 spiro atoms. The number of quaternary nitrogens is 1. The largest absolute Gasteiger partial charge is 0.343 e. The minimum atomic E-state index is -2.67. The highest BCUT2D eigenvalue weighted by Crippen LogP contribution is 2.07. The average molecular weight is 192 g/mol. The molecule has 0 saturated carbocycles. The summed E-state index contributed by atoms with van der Waals surface area (Å²) in [7, 11) is -2.67. The van der Waals surface area contributed by atoms with Gasteiger partial charge >= 0.3 is 0 Å². The van der Waals surface area contributed by atoms with Crippen LogP contribution in [-0.4, -0.2) is 32.5 Å².